The molecule has 3 heterocycles. The molecule has 0 aromatic heterocycles. The lowest BCUT2D eigenvalue weighted by Gasteiger charge is -2.35. The van der Waals surface area contributed by atoms with Gasteiger partial charge in [0.15, 0.2) is 6.29 Å². The molecule has 122 valence electrons. The summed E-state index contributed by atoms with van der Waals surface area (Å²) in [6, 6.07) is 0.0582. The van der Waals surface area contributed by atoms with Crippen molar-refractivity contribution < 1.29 is 19.1 Å². The molecule has 0 aromatic rings. The summed E-state index contributed by atoms with van der Waals surface area (Å²) < 4.78 is 11.2. The Kier molecular flexibility index (Phi) is 4.78. The molecule has 0 bridgehead atoms. The van der Waals surface area contributed by atoms with E-state index in [1.165, 1.54) is 6.08 Å². The number of ether oxygens (including phenoxy) is 2. The van der Waals surface area contributed by atoms with Gasteiger partial charge in [-0.2, -0.15) is 0 Å². The SMILES string of the molecule is C=CC(=O)N1CCC(C(=O)N2CCCC2C2OCCO2)CC1. The molecule has 0 spiro atoms. The van der Waals surface area contributed by atoms with Crippen molar-refractivity contribution in [3.63, 3.8) is 0 Å². The van der Waals surface area contributed by atoms with Crippen molar-refractivity contribution in [2.75, 3.05) is 32.8 Å². The quantitative estimate of drug-likeness (QED) is 0.723. The first-order chi connectivity index (χ1) is 10.7. The van der Waals surface area contributed by atoms with Crippen LogP contribution in [0.3, 0.4) is 0 Å². The molecule has 0 aromatic carbocycles. The van der Waals surface area contributed by atoms with Crippen molar-refractivity contribution >= 4 is 11.8 Å². The van der Waals surface area contributed by atoms with E-state index < -0.39 is 0 Å². The number of rotatable bonds is 3. The fraction of sp³-hybridized carbons (Fsp3) is 0.750. The molecule has 0 radical (unpaired) electrons. The molecule has 2 amide bonds. The van der Waals surface area contributed by atoms with Gasteiger partial charge in [0, 0.05) is 25.6 Å². The minimum absolute atomic E-state index is 0.0101. The van der Waals surface area contributed by atoms with Crippen LogP contribution in [0.4, 0.5) is 0 Å². The van der Waals surface area contributed by atoms with Gasteiger partial charge in [0.25, 0.3) is 0 Å². The monoisotopic (exact) mass is 308 g/mol. The zero-order chi connectivity index (χ0) is 15.5. The van der Waals surface area contributed by atoms with Gasteiger partial charge in [-0.1, -0.05) is 6.58 Å². The van der Waals surface area contributed by atoms with Crippen LogP contribution >= 0.6 is 0 Å². The van der Waals surface area contributed by atoms with Crippen molar-refractivity contribution in [2.45, 2.75) is 38.0 Å². The summed E-state index contributed by atoms with van der Waals surface area (Å²) in [6.07, 6.45) is 4.50. The lowest BCUT2D eigenvalue weighted by Crippen LogP contribution is -2.48. The summed E-state index contributed by atoms with van der Waals surface area (Å²) in [5.74, 6) is 0.167. The Balaban J connectivity index is 1.57. The van der Waals surface area contributed by atoms with Gasteiger partial charge in [0.1, 0.15) is 0 Å². The third-order valence-electron chi connectivity index (χ3n) is 4.87. The Hall–Kier alpha value is -1.40. The zero-order valence-corrected chi connectivity index (χ0v) is 12.9. The van der Waals surface area contributed by atoms with E-state index in [4.69, 9.17) is 9.47 Å². The Labute approximate surface area is 131 Å². The molecule has 3 rings (SSSR count). The molecule has 6 heteroatoms. The summed E-state index contributed by atoms with van der Waals surface area (Å²) in [7, 11) is 0. The number of carbonyl (C=O) groups excluding carboxylic acids is 2. The normalized spacial score (nSPS) is 27.4. The Morgan fingerprint density at radius 2 is 1.73 bits per heavy atom. The number of nitrogens with zero attached hydrogens (tertiary/aromatic N) is 2. The first-order valence-corrected chi connectivity index (χ1v) is 8.15. The van der Waals surface area contributed by atoms with Gasteiger partial charge in [-0.3, -0.25) is 9.59 Å². The molecular weight excluding hydrogens is 284 g/mol. The number of amides is 2. The van der Waals surface area contributed by atoms with Gasteiger partial charge in [0.2, 0.25) is 11.8 Å². The third kappa shape index (κ3) is 3.03. The number of hydrogen-bond donors (Lipinski definition) is 0. The van der Waals surface area contributed by atoms with E-state index in [0.29, 0.717) is 26.3 Å². The van der Waals surface area contributed by atoms with Gasteiger partial charge in [-0.25, -0.2) is 0 Å². The highest BCUT2D eigenvalue weighted by atomic mass is 16.7. The molecule has 3 aliphatic rings. The van der Waals surface area contributed by atoms with E-state index in [-0.39, 0.29) is 30.1 Å². The maximum atomic E-state index is 12.8. The number of piperidine rings is 1. The highest BCUT2D eigenvalue weighted by molar-refractivity contribution is 5.87. The predicted octanol–water partition coefficient (Wildman–Crippen LogP) is 0.775. The van der Waals surface area contributed by atoms with E-state index in [9.17, 15) is 9.59 Å². The first-order valence-electron chi connectivity index (χ1n) is 8.15. The molecule has 22 heavy (non-hydrogen) atoms. The summed E-state index contributed by atoms with van der Waals surface area (Å²) in [4.78, 5) is 28.1. The smallest absolute Gasteiger partial charge is 0.245 e. The van der Waals surface area contributed by atoms with Crippen molar-refractivity contribution in [1.82, 2.24) is 9.80 Å². The minimum Gasteiger partial charge on any atom is -0.348 e. The van der Waals surface area contributed by atoms with E-state index in [2.05, 4.69) is 6.58 Å². The lowest BCUT2D eigenvalue weighted by molar-refractivity contribution is -0.149. The first kappa shape index (κ1) is 15.5. The highest BCUT2D eigenvalue weighted by Crippen LogP contribution is 2.29. The Morgan fingerprint density at radius 3 is 2.36 bits per heavy atom. The van der Waals surface area contributed by atoms with Crippen LogP contribution in [0.25, 0.3) is 0 Å². The molecule has 0 aliphatic carbocycles. The molecular formula is C16H24N2O4. The van der Waals surface area contributed by atoms with E-state index in [1.807, 2.05) is 4.90 Å². The van der Waals surface area contributed by atoms with Crippen molar-refractivity contribution in [3.8, 4) is 0 Å². The van der Waals surface area contributed by atoms with Gasteiger partial charge >= 0.3 is 0 Å². The van der Waals surface area contributed by atoms with E-state index >= 15 is 0 Å². The van der Waals surface area contributed by atoms with Crippen LogP contribution in [0.5, 0.6) is 0 Å². The largest absolute Gasteiger partial charge is 0.348 e. The van der Waals surface area contributed by atoms with Crippen molar-refractivity contribution in [3.05, 3.63) is 12.7 Å². The van der Waals surface area contributed by atoms with Gasteiger partial charge in [-0.15, -0.1) is 0 Å². The lowest BCUT2D eigenvalue weighted by atomic mass is 9.95. The van der Waals surface area contributed by atoms with Gasteiger partial charge in [0.05, 0.1) is 19.3 Å². The minimum atomic E-state index is -0.256. The zero-order valence-electron chi connectivity index (χ0n) is 12.9. The van der Waals surface area contributed by atoms with Crippen LogP contribution in [-0.4, -0.2) is 66.8 Å². The average Bonchev–Trinajstić information content (AvgIpc) is 3.24. The van der Waals surface area contributed by atoms with E-state index in [1.54, 1.807) is 4.90 Å². The predicted molar refractivity (Wildman–Crippen MR) is 79.9 cm³/mol. The van der Waals surface area contributed by atoms with Crippen LogP contribution in [0.1, 0.15) is 25.7 Å². The van der Waals surface area contributed by atoms with Crippen LogP contribution < -0.4 is 0 Å². The topological polar surface area (TPSA) is 59.1 Å². The maximum absolute atomic E-state index is 12.8. The second kappa shape index (κ2) is 6.79. The highest BCUT2D eigenvalue weighted by Gasteiger charge is 2.40. The molecule has 3 saturated heterocycles. The van der Waals surface area contributed by atoms with Crippen LogP contribution in [0.2, 0.25) is 0 Å². The summed E-state index contributed by atoms with van der Waals surface area (Å²) in [5, 5.41) is 0. The summed E-state index contributed by atoms with van der Waals surface area (Å²) >= 11 is 0. The summed E-state index contributed by atoms with van der Waals surface area (Å²) in [6.45, 7) is 6.81. The van der Waals surface area contributed by atoms with Gasteiger partial charge in [-0.05, 0) is 31.8 Å². The Bertz CT molecular complexity index is 439. The standard InChI is InChI=1S/C16H24N2O4/c1-2-14(19)17-8-5-12(6-9-17)15(20)18-7-3-4-13(18)16-21-10-11-22-16/h2,12-13,16H,1,3-11H2. The summed E-state index contributed by atoms with van der Waals surface area (Å²) in [5.41, 5.74) is 0. The molecule has 1 atom stereocenters. The maximum Gasteiger partial charge on any atom is 0.245 e. The number of carbonyl (C=O) groups is 2. The van der Waals surface area contributed by atoms with Gasteiger partial charge < -0.3 is 19.3 Å². The van der Waals surface area contributed by atoms with Crippen LogP contribution in [-0.2, 0) is 19.1 Å². The number of hydrogen-bond acceptors (Lipinski definition) is 4. The van der Waals surface area contributed by atoms with Crippen LogP contribution in [0, 0.1) is 5.92 Å². The average molecular weight is 308 g/mol. The van der Waals surface area contributed by atoms with E-state index in [0.717, 1.165) is 32.2 Å². The second-order valence-electron chi connectivity index (χ2n) is 6.15. The molecule has 0 N–H and O–H groups in total. The molecule has 3 fully saturated rings. The van der Waals surface area contributed by atoms with Crippen molar-refractivity contribution in [1.29, 1.82) is 0 Å². The molecule has 0 saturated carbocycles. The molecule has 6 nitrogen and oxygen atoms in total. The second-order valence-corrected chi connectivity index (χ2v) is 6.15. The number of likely N-dealkylation sites (tertiary alicyclic amines) is 2. The van der Waals surface area contributed by atoms with Crippen LogP contribution in [0.15, 0.2) is 12.7 Å². The molecule has 1 unspecified atom stereocenters. The fourth-order valence-corrected chi connectivity index (χ4v) is 3.66. The molecule has 3 aliphatic heterocycles. The Morgan fingerprint density at radius 1 is 1.05 bits per heavy atom. The van der Waals surface area contributed by atoms with Crippen molar-refractivity contribution in [2.24, 2.45) is 5.92 Å². The third-order valence-corrected chi connectivity index (χ3v) is 4.87. The fourth-order valence-electron chi connectivity index (χ4n) is 3.66.